The summed E-state index contributed by atoms with van der Waals surface area (Å²) >= 11 is 0. The van der Waals surface area contributed by atoms with E-state index in [9.17, 15) is 0 Å². The maximum Gasteiger partial charge on any atom is 0.147 e. The minimum Gasteiger partial charge on any atom is -0.384 e. The molecular weight excluding hydrogens is 252 g/mol. The third kappa shape index (κ3) is 4.42. The lowest BCUT2D eigenvalue weighted by atomic mass is 10.1. The minimum absolute atomic E-state index is 0.0922. The first kappa shape index (κ1) is 15.2. The normalized spacial score (nSPS) is 19.6. The third-order valence-corrected chi connectivity index (χ3v) is 3.48. The standard InChI is InChI=1S/C15H26N4O/c1-15(2,3)17-8-13-7-16-9-14(18-13)19-6-5-12(10-19)11-20-4/h7,9,12,17H,5-6,8,10-11H2,1-4H3. The van der Waals surface area contributed by atoms with E-state index in [1.165, 1.54) is 6.42 Å². The zero-order chi connectivity index (χ0) is 14.6. The van der Waals surface area contributed by atoms with Gasteiger partial charge in [0.05, 0.1) is 18.5 Å². The van der Waals surface area contributed by atoms with Crippen molar-refractivity contribution in [2.75, 3.05) is 31.7 Å². The van der Waals surface area contributed by atoms with Crippen LogP contribution < -0.4 is 10.2 Å². The quantitative estimate of drug-likeness (QED) is 0.890. The van der Waals surface area contributed by atoms with Gasteiger partial charge in [-0.05, 0) is 27.2 Å². The Bertz CT molecular complexity index is 430. The molecule has 5 heteroatoms. The number of rotatable bonds is 5. The fourth-order valence-electron chi connectivity index (χ4n) is 2.40. The van der Waals surface area contributed by atoms with E-state index in [2.05, 4.69) is 36.0 Å². The fourth-order valence-corrected chi connectivity index (χ4v) is 2.40. The van der Waals surface area contributed by atoms with Crippen LogP contribution in [0.2, 0.25) is 0 Å². The van der Waals surface area contributed by atoms with Gasteiger partial charge in [-0.1, -0.05) is 0 Å². The van der Waals surface area contributed by atoms with Gasteiger partial charge >= 0.3 is 0 Å². The van der Waals surface area contributed by atoms with Gasteiger partial charge < -0.3 is 15.0 Å². The predicted molar refractivity (Wildman–Crippen MR) is 80.8 cm³/mol. The van der Waals surface area contributed by atoms with Crippen LogP contribution in [0.15, 0.2) is 12.4 Å². The van der Waals surface area contributed by atoms with E-state index in [1.807, 2.05) is 12.4 Å². The molecule has 20 heavy (non-hydrogen) atoms. The first-order valence-electron chi connectivity index (χ1n) is 7.28. The van der Waals surface area contributed by atoms with Crippen molar-refractivity contribution in [2.24, 2.45) is 5.92 Å². The molecule has 1 aliphatic rings. The summed E-state index contributed by atoms with van der Waals surface area (Å²) in [7, 11) is 1.77. The van der Waals surface area contributed by atoms with Crippen molar-refractivity contribution in [3.8, 4) is 0 Å². The Labute approximate surface area is 121 Å². The number of anilines is 1. The summed E-state index contributed by atoms with van der Waals surface area (Å²) in [4.78, 5) is 11.3. The molecule has 0 radical (unpaired) electrons. The molecule has 1 fully saturated rings. The van der Waals surface area contributed by atoms with E-state index in [4.69, 9.17) is 9.72 Å². The number of methoxy groups -OCH3 is 1. The van der Waals surface area contributed by atoms with Gasteiger partial charge in [0.2, 0.25) is 0 Å². The Balaban J connectivity index is 1.96. The smallest absolute Gasteiger partial charge is 0.147 e. The summed E-state index contributed by atoms with van der Waals surface area (Å²) in [6.45, 7) is 10.1. The maximum atomic E-state index is 5.24. The van der Waals surface area contributed by atoms with Crippen molar-refractivity contribution < 1.29 is 4.74 Å². The molecule has 0 bridgehead atoms. The van der Waals surface area contributed by atoms with Gasteiger partial charge in [0.15, 0.2) is 0 Å². The van der Waals surface area contributed by atoms with E-state index < -0.39 is 0 Å². The topological polar surface area (TPSA) is 50.3 Å². The molecule has 5 nitrogen and oxygen atoms in total. The largest absolute Gasteiger partial charge is 0.384 e. The molecule has 0 spiro atoms. The summed E-state index contributed by atoms with van der Waals surface area (Å²) in [6, 6.07) is 0. The first-order chi connectivity index (χ1) is 9.48. The number of hydrogen-bond acceptors (Lipinski definition) is 5. The van der Waals surface area contributed by atoms with Crippen LogP contribution in [-0.2, 0) is 11.3 Å². The van der Waals surface area contributed by atoms with Gasteiger partial charge in [-0.15, -0.1) is 0 Å². The van der Waals surface area contributed by atoms with Crippen molar-refractivity contribution in [3.63, 3.8) is 0 Å². The number of aromatic nitrogens is 2. The summed E-state index contributed by atoms with van der Waals surface area (Å²) in [5.74, 6) is 1.59. The van der Waals surface area contributed by atoms with E-state index in [1.54, 1.807) is 7.11 Å². The number of ether oxygens (including phenoxy) is 1. The Hall–Kier alpha value is -1.20. The second kappa shape index (κ2) is 6.50. The molecule has 0 amide bonds. The van der Waals surface area contributed by atoms with E-state index in [-0.39, 0.29) is 5.54 Å². The van der Waals surface area contributed by atoms with Gasteiger partial charge in [-0.25, -0.2) is 4.98 Å². The average Bonchev–Trinajstić information content (AvgIpc) is 2.85. The number of nitrogens with one attached hydrogen (secondary N) is 1. The lowest BCUT2D eigenvalue weighted by Gasteiger charge is -2.21. The molecule has 1 N–H and O–H groups in total. The van der Waals surface area contributed by atoms with Gasteiger partial charge in [0.25, 0.3) is 0 Å². The monoisotopic (exact) mass is 278 g/mol. The number of hydrogen-bond donors (Lipinski definition) is 1. The molecular formula is C15H26N4O. The van der Waals surface area contributed by atoms with Crippen LogP contribution in [0.4, 0.5) is 5.82 Å². The third-order valence-electron chi connectivity index (χ3n) is 3.48. The molecule has 1 aliphatic heterocycles. The molecule has 1 saturated heterocycles. The van der Waals surface area contributed by atoms with Crippen molar-refractivity contribution in [1.82, 2.24) is 15.3 Å². The van der Waals surface area contributed by atoms with Crippen LogP contribution in [0, 0.1) is 5.92 Å². The van der Waals surface area contributed by atoms with Crippen molar-refractivity contribution in [3.05, 3.63) is 18.1 Å². The van der Waals surface area contributed by atoms with Crippen LogP contribution in [0.1, 0.15) is 32.9 Å². The summed E-state index contributed by atoms with van der Waals surface area (Å²) in [5.41, 5.74) is 1.09. The Morgan fingerprint density at radius 1 is 1.40 bits per heavy atom. The van der Waals surface area contributed by atoms with Crippen LogP contribution >= 0.6 is 0 Å². The van der Waals surface area contributed by atoms with Crippen molar-refractivity contribution in [2.45, 2.75) is 39.3 Å². The molecule has 1 aromatic rings. The van der Waals surface area contributed by atoms with Gasteiger partial charge in [0, 0.05) is 44.4 Å². The highest BCUT2D eigenvalue weighted by atomic mass is 16.5. The molecule has 0 aromatic carbocycles. The summed E-state index contributed by atoms with van der Waals surface area (Å²) in [6.07, 6.45) is 4.86. The molecule has 0 aliphatic carbocycles. The summed E-state index contributed by atoms with van der Waals surface area (Å²) < 4.78 is 5.24. The Kier molecular flexibility index (Phi) is 4.94. The second-order valence-corrected chi connectivity index (χ2v) is 6.53. The van der Waals surface area contributed by atoms with Crippen LogP contribution in [0.5, 0.6) is 0 Å². The molecule has 1 unspecified atom stereocenters. The highest BCUT2D eigenvalue weighted by molar-refractivity contribution is 5.37. The van der Waals surface area contributed by atoms with E-state index >= 15 is 0 Å². The zero-order valence-electron chi connectivity index (χ0n) is 13.0. The SMILES string of the molecule is COCC1CCN(c2cncc(CNC(C)(C)C)n2)C1. The fraction of sp³-hybridized carbons (Fsp3) is 0.733. The average molecular weight is 278 g/mol. The lowest BCUT2D eigenvalue weighted by Crippen LogP contribution is -2.35. The molecule has 2 rings (SSSR count). The van der Waals surface area contributed by atoms with Crippen LogP contribution in [0.25, 0.3) is 0 Å². The van der Waals surface area contributed by atoms with Gasteiger partial charge in [-0.3, -0.25) is 4.98 Å². The Morgan fingerprint density at radius 3 is 2.90 bits per heavy atom. The van der Waals surface area contributed by atoms with E-state index in [0.29, 0.717) is 5.92 Å². The van der Waals surface area contributed by atoms with E-state index in [0.717, 1.165) is 37.8 Å². The highest BCUT2D eigenvalue weighted by Crippen LogP contribution is 2.21. The highest BCUT2D eigenvalue weighted by Gasteiger charge is 2.23. The minimum atomic E-state index is 0.0922. The molecule has 1 aromatic heterocycles. The first-order valence-corrected chi connectivity index (χ1v) is 7.28. The Morgan fingerprint density at radius 2 is 2.20 bits per heavy atom. The van der Waals surface area contributed by atoms with Crippen LogP contribution in [-0.4, -0.2) is 42.3 Å². The second-order valence-electron chi connectivity index (χ2n) is 6.53. The van der Waals surface area contributed by atoms with Crippen LogP contribution in [0.3, 0.4) is 0 Å². The van der Waals surface area contributed by atoms with Gasteiger partial charge in [0.1, 0.15) is 5.82 Å². The summed E-state index contributed by atoms with van der Waals surface area (Å²) in [5, 5.41) is 3.44. The van der Waals surface area contributed by atoms with Crippen molar-refractivity contribution in [1.29, 1.82) is 0 Å². The molecule has 0 saturated carbocycles. The molecule has 1 atom stereocenters. The molecule has 2 heterocycles. The molecule has 112 valence electrons. The predicted octanol–water partition coefficient (Wildman–Crippen LogP) is 1.84. The lowest BCUT2D eigenvalue weighted by molar-refractivity contribution is 0.161. The zero-order valence-corrected chi connectivity index (χ0v) is 13.0. The maximum absolute atomic E-state index is 5.24. The number of nitrogens with zero attached hydrogens (tertiary/aromatic N) is 3. The van der Waals surface area contributed by atoms with Gasteiger partial charge in [-0.2, -0.15) is 0 Å². The van der Waals surface area contributed by atoms with Crippen molar-refractivity contribution >= 4 is 5.82 Å².